The van der Waals surface area contributed by atoms with Gasteiger partial charge in [0.25, 0.3) is 0 Å². The summed E-state index contributed by atoms with van der Waals surface area (Å²) in [4.78, 5) is 15.2. The molecule has 0 fully saturated rings. The van der Waals surface area contributed by atoms with Gasteiger partial charge < -0.3 is 14.7 Å². The lowest BCUT2D eigenvalue weighted by Gasteiger charge is -2.35. The van der Waals surface area contributed by atoms with Gasteiger partial charge >= 0.3 is 0 Å². The van der Waals surface area contributed by atoms with Crippen LogP contribution in [0.4, 0.5) is 5.69 Å². The number of benzene rings is 4. The van der Waals surface area contributed by atoms with Crippen molar-refractivity contribution in [2.45, 2.75) is 18.9 Å². The Hall–Kier alpha value is -3.50. The van der Waals surface area contributed by atoms with Gasteiger partial charge in [-0.05, 0) is 57.8 Å². The van der Waals surface area contributed by atoms with E-state index in [9.17, 15) is 9.90 Å². The van der Waals surface area contributed by atoms with Crippen molar-refractivity contribution in [3.63, 3.8) is 0 Å². The van der Waals surface area contributed by atoms with Crippen LogP contribution in [0.1, 0.15) is 29.0 Å². The fraction of sp³-hybridized carbons (Fsp3) is 0.148. The molecule has 0 bridgehead atoms. The van der Waals surface area contributed by atoms with Crippen LogP contribution in [0.15, 0.2) is 78.9 Å². The Morgan fingerprint density at radius 1 is 1.03 bits per heavy atom. The van der Waals surface area contributed by atoms with E-state index in [2.05, 4.69) is 18.2 Å². The number of nitrogens with zero attached hydrogens (tertiary/aromatic N) is 1. The number of aromatic hydroxyl groups is 1. The maximum absolute atomic E-state index is 13.4. The zero-order valence-electron chi connectivity index (χ0n) is 17.6. The summed E-state index contributed by atoms with van der Waals surface area (Å²) in [6.07, 6.45) is 0.336. The molecule has 5 heteroatoms. The minimum Gasteiger partial charge on any atom is -0.504 e. The molecule has 1 aliphatic rings. The fourth-order valence-corrected chi connectivity index (χ4v) is 4.67. The molecule has 160 valence electrons. The van der Waals surface area contributed by atoms with Crippen LogP contribution >= 0.6 is 11.6 Å². The second-order valence-corrected chi connectivity index (χ2v) is 8.45. The first-order chi connectivity index (χ1) is 15.5. The number of hydrogen-bond donors (Lipinski definition) is 1. The third-order valence-corrected chi connectivity index (χ3v) is 6.38. The predicted molar refractivity (Wildman–Crippen MR) is 128 cm³/mol. The van der Waals surface area contributed by atoms with Crippen molar-refractivity contribution in [2.75, 3.05) is 12.0 Å². The van der Waals surface area contributed by atoms with Gasteiger partial charge in [-0.3, -0.25) is 4.79 Å². The predicted octanol–water partition coefficient (Wildman–Crippen LogP) is 6.28. The molecule has 1 unspecified atom stereocenters. The van der Waals surface area contributed by atoms with Crippen molar-refractivity contribution in [1.29, 1.82) is 0 Å². The van der Waals surface area contributed by atoms with Crippen LogP contribution in [0.5, 0.6) is 11.5 Å². The van der Waals surface area contributed by atoms with Crippen LogP contribution in [0, 0.1) is 0 Å². The van der Waals surface area contributed by atoms with Crippen molar-refractivity contribution in [2.24, 2.45) is 0 Å². The van der Waals surface area contributed by atoms with Crippen LogP contribution < -0.4 is 9.64 Å². The van der Waals surface area contributed by atoms with Crippen molar-refractivity contribution >= 4 is 34.0 Å². The molecule has 0 aromatic heterocycles. The fourth-order valence-electron chi connectivity index (χ4n) is 4.55. The Balaban J connectivity index is 1.67. The smallest absolute Gasteiger partial charge is 0.228 e. The number of hydrogen-bond acceptors (Lipinski definition) is 3. The quantitative estimate of drug-likeness (QED) is 0.404. The Kier molecular flexibility index (Phi) is 5.24. The first-order valence-corrected chi connectivity index (χ1v) is 10.9. The number of ether oxygens (including phenoxy) is 1. The van der Waals surface area contributed by atoms with E-state index in [4.69, 9.17) is 16.3 Å². The van der Waals surface area contributed by atoms with Crippen LogP contribution in [-0.4, -0.2) is 18.1 Å². The van der Waals surface area contributed by atoms with E-state index in [1.807, 2.05) is 59.5 Å². The maximum atomic E-state index is 13.4. The molecule has 0 spiro atoms. The molecular weight excluding hydrogens is 422 g/mol. The molecule has 1 aliphatic heterocycles. The summed E-state index contributed by atoms with van der Waals surface area (Å²) in [6, 6.07) is 25.3. The average molecular weight is 444 g/mol. The highest BCUT2D eigenvalue weighted by molar-refractivity contribution is 6.30. The maximum Gasteiger partial charge on any atom is 0.228 e. The number of phenolic OH excluding ortho intramolecular Hbond substituents is 1. The van der Waals surface area contributed by atoms with E-state index in [0.717, 1.165) is 33.2 Å². The largest absolute Gasteiger partial charge is 0.504 e. The van der Waals surface area contributed by atoms with Gasteiger partial charge in [-0.15, -0.1) is 0 Å². The lowest BCUT2D eigenvalue weighted by atomic mass is 9.81. The molecule has 1 amide bonds. The van der Waals surface area contributed by atoms with E-state index < -0.39 is 0 Å². The molecular formula is C27H22ClNO3. The number of carbonyl (C=O) groups excluding carboxylic acids is 1. The first-order valence-electron chi connectivity index (χ1n) is 10.5. The number of fused-ring (bicyclic) bond motifs is 3. The van der Waals surface area contributed by atoms with Gasteiger partial charge in [0, 0.05) is 23.0 Å². The molecule has 0 saturated heterocycles. The molecule has 0 aliphatic carbocycles. The zero-order valence-corrected chi connectivity index (χ0v) is 18.3. The highest BCUT2D eigenvalue weighted by Gasteiger charge is 2.34. The second kappa shape index (κ2) is 8.21. The van der Waals surface area contributed by atoms with Gasteiger partial charge in [0.2, 0.25) is 5.91 Å². The third-order valence-electron chi connectivity index (χ3n) is 6.13. The monoisotopic (exact) mass is 443 g/mol. The summed E-state index contributed by atoms with van der Waals surface area (Å²) in [5, 5.41) is 13.0. The molecule has 4 aromatic carbocycles. The van der Waals surface area contributed by atoms with Crippen LogP contribution in [-0.2, 0) is 11.3 Å². The number of rotatable bonds is 4. The van der Waals surface area contributed by atoms with E-state index in [0.29, 0.717) is 23.7 Å². The minimum atomic E-state index is -0.139. The van der Waals surface area contributed by atoms with Crippen LogP contribution in [0.25, 0.3) is 10.8 Å². The molecule has 0 radical (unpaired) electrons. The molecule has 1 heterocycles. The van der Waals surface area contributed by atoms with Gasteiger partial charge in [0.05, 0.1) is 13.7 Å². The summed E-state index contributed by atoms with van der Waals surface area (Å²) < 4.78 is 5.33. The summed E-state index contributed by atoms with van der Waals surface area (Å²) in [6.45, 7) is 0.479. The van der Waals surface area contributed by atoms with E-state index in [1.54, 1.807) is 6.07 Å². The summed E-state index contributed by atoms with van der Waals surface area (Å²) in [5.74, 6) is 0.403. The number of anilines is 1. The van der Waals surface area contributed by atoms with Gasteiger partial charge in [0.15, 0.2) is 11.5 Å². The van der Waals surface area contributed by atoms with Crippen LogP contribution in [0.3, 0.4) is 0 Å². The van der Waals surface area contributed by atoms with Gasteiger partial charge in [0.1, 0.15) is 0 Å². The number of phenols is 1. The third kappa shape index (κ3) is 3.57. The Bertz CT molecular complexity index is 1320. The minimum absolute atomic E-state index is 0.0553. The Morgan fingerprint density at radius 3 is 2.59 bits per heavy atom. The Morgan fingerprint density at radius 2 is 1.81 bits per heavy atom. The molecule has 1 N–H and O–H groups in total. The molecule has 4 aromatic rings. The number of amides is 1. The normalized spacial score (nSPS) is 15.6. The Labute approximate surface area is 191 Å². The van der Waals surface area contributed by atoms with Gasteiger partial charge in [-0.1, -0.05) is 60.1 Å². The highest BCUT2D eigenvalue weighted by Crippen LogP contribution is 2.45. The van der Waals surface area contributed by atoms with Gasteiger partial charge in [-0.25, -0.2) is 0 Å². The SMILES string of the molecule is COc1cc(C2CC(=O)N(Cc3ccc(Cl)cc3)c3ccc4ccccc4c32)ccc1O. The highest BCUT2D eigenvalue weighted by atomic mass is 35.5. The average Bonchev–Trinajstić information content (AvgIpc) is 2.82. The number of methoxy groups -OCH3 is 1. The first kappa shape index (κ1) is 20.4. The number of halogens is 1. The van der Waals surface area contributed by atoms with Crippen molar-refractivity contribution in [3.8, 4) is 11.5 Å². The van der Waals surface area contributed by atoms with E-state index in [-0.39, 0.29) is 17.6 Å². The second-order valence-electron chi connectivity index (χ2n) is 8.01. The molecule has 1 atom stereocenters. The van der Waals surface area contributed by atoms with Crippen LogP contribution in [0.2, 0.25) is 5.02 Å². The molecule has 32 heavy (non-hydrogen) atoms. The molecule has 4 nitrogen and oxygen atoms in total. The van der Waals surface area contributed by atoms with Crippen molar-refractivity contribution in [1.82, 2.24) is 0 Å². The zero-order chi connectivity index (χ0) is 22.2. The summed E-state index contributed by atoms with van der Waals surface area (Å²) >= 11 is 6.04. The van der Waals surface area contributed by atoms with Crippen molar-refractivity contribution in [3.05, 3.63) is 101 Å². The molecule has 0 saturated carbocycles. The van der Waals surface area contributed by atoms with Gasteiger partial charge in [-0.2, -0.15) is 0 Å². The topological polar surface area (TPSA) is 49.8 Å². The number of carbonyl (C=O) groups is 1. The summed E-state index contributed by atoms with van der Waals surface area (Å²) in [5.41, 5.74) is 3.99. The standard InChI is InChI=1S/C27H22ClNO3/c1-32-25-14-19(9-13-24(25)30)22-15-26(31)29(16-17-6-10-20(28)11-7-17)23-12-8-18-4-2-3-5-21(18)27(22)23/h2-14,22,30H,15-16H2,1H3. The summed E-state index contributed by atoms with van der Waals surface area (Å²) in [7, 11) is 1.53. The van der Waals surface area contributed by atoms with E-state index in [1.165, 1.54) is 7.11 Å². The van der Waals surface area contributed by atoms with E-state index >= 15 is 0 Å². The van der Waals surface area contributed by atoms with Crippen molar-refractivity contribution < 1.29 is 14.6 Å². The lowest BCUT2D eigenvalue weighted by molar-refractivity contribution is -0.119. The lowest BCUT2D eigenvalue weighted by Crippen LogP contribution is -2.36. The molecule has 5 rings (SSSR count).